The van der Waals surface area contributed by atoms with Gasteiger partial charge in [0.25, 0.3) is 0 Å². The fourth-order valence-electron chi connectivity index (χ4n) is 0.423. The zero-order valence-corrected chi connectivity index (χ0v) is 8.85. The van der Waals surface area contributed by atoms with Gasteiger partial charge in [-0.15, -0.1) is 0 Å². The summed E-state index contributed by atoms with van der Waals surface area (Å²) >= 11 is 0. The van der Waals surface area contributed by atoms with Gasteiger partial charge in [-0.05, 0) is 13.8 Å². The van der Waals surface area contributed by atoms with E-state index in [9.17, 15) is 21.6 Å². The highest BCUT2D eigenvalue weighted by Crippen LogP contribution is 2.24. The van der Waals surface area contributed by atoms with Crippen LogP contribution in [0.3, 0.4) is 0 Å². The van der Waals surface area contributed by atoms with E-state index in [1.807, 2.05) is 0 Å². The first-order valence-electron chi connectivity index (χ1n) is 3.75. The molecule has 90 valence electrons. The molecule has 0 heterocycles. The number of nitrogens with zero attached hydrogens (tertiary/aromatic N) is 1. The Morgan fingerprint density at radius 3 is 2.20 bits per heavy atom. The first-order valence-corrected chi connectivity index (χ1v) is 5.16. The summed E-state index contributed by atoms with van der Waals surface area (Å²) in [5.41, 5.74) is -4.86. The topological polar surface area (TPSA) is 65.0 Å². The summed E-state index contributed by atoms with van der Waals surface area (Å²) in [6.07, 6.45) is 0. The lowest BCUT2D eigenvalue weighted by Gasteiger charge is -2.07. The molecule has 0 rings (SSSR count). The Kier molecular flexibility index (Phi) is 5.01. The Bertz CT molecular complexity index is 318. The molecule has 0 aromatic carbocycles. The highest BCUT2D eigenvalue weighted by atomic mass is 32.2. The third-order valence-corrected chi connectivity index (χ3v) is 1.99. The average Bonchev–Trinajstić information content (AvgIpc) is 2.00. The van der Waals surface area contributed by atoms with Gasteiger partial charge < -0.3 is 4.84 Å². The van der Waals surface area contributed by atoms with E-state index in [0.29, 0.717) is 5.71 Å². The van der Waals surface area contributed by atoms with Crippen LogP contribution in [0, 0.1) is 0 Å². The lowest BCUT2D eigenvalue weighted by atomic mass is 10.5. The van der Waals surface area contributed by atoms with Gasteiger partial charge in [0.05, 0.1) is 5.71 Å². The number of oxime groups is 1. The maximum absolute atomic E-state index is 11.7. The van der Waals surface area contributed by atoms with E-state index in [-0.39, 0.29) is 6.61 Å². The van der Waals surface area contributed by atoms with Crippen LogP contribution in [-0.4, -0.2) is 32.9 Å². The van der Waals surface area contributed by atoms with Gasteiger partial charge in [-0.2, -0.15) is 21.6 Å². The van der Waals surface area contributed by atoms with Crippen molar-refractivity contribution >= 4 is 15.8 Å². The van der Waals surface area contributed by atoms with Crippen LogP contribution in [-0.2, 0) is 19.1 Å². The molecular weight excluding hydrogens is 239 g/mol. The van der Waals surface area contributed by atoms with E-state index in [0.717, 1.165) is 0 Å². The second-order valence-corrected chi connectivity index (χ2v) is 4.20. The SMILES string of the molecule is CC(C)=NOCCOS(=O)(=O)C(F)(F)F. The molecule has 0 saturated heterocycles. The summed E-state index contributed by atoms with van der Waals surface area (Å²) in [4.78, 5) is 4.43. The van der Waals surface area contributed by atoms with Crippen LogP contribution in [0.25, 0.3) is 0 Å². The summed E-state index contributed by atoms with van der Waals surface area (Å²) in [6, 6.07) is 0. The predicted molar refractivity (Wildman–Crippen MR) is 45.7 cm³/mol. The van der Waals surface area contributed by atoms with Gasteiger partial charge in [-0.25, -0.2) is 0 Å². The molecule has 0 aliphatic heterocycles. The maximum Gasteiger partial charge on any atom is 0.523 e. The lowest BCUT2D eigenvalue weighted by Crippen LogP contribution is -2.26. The first kappa shape index (κ1) is 14.2. The third-order valence-electron chi connectivity index (χ3n) is 0.944. The molecular formula is C6H10F3NO4S. The normalized spacial score (nSPS) is 12.3. The van der Waals surface area contributed by atoms with Crippen LogP contribution in [0.15, 0.2) is 5.16 Å². The predicted octanol–water partition coefficient (Wildman–Crippen LogP) is 1.27. The van der Waals surface area contributed by atoms with Crippen LogP contribution >= 0.6 is 0 Å². The van der Waals surface area contributed by atoms with Crippen molar-refractivity contribution in [1.29, 1.82) is 0 Å². The van der Waals surface area contributed by atoms with E-state index in [1.54, 1.807) is 13.8 Å². The zero-order valence-electron chi connectivity index (χ0n) is 8.04. The molecule has 0 aromatic rings. The van der Waals surface area contributed by atoms with Crippen molar-refractivity contribution in [3.8, 4) is 0 Å². The van der Waals surface area contributed by atoms with Crippen molar-refractivity contribution < 1.29 is 30.6 Å². The molecule has 5 nitrogen and oxygen atoms in total. The van der Waals surface area contributed by atoms with Gasteiger partial charge in [0.15, 0.2) is 0 Å². The van der Waals surface area contributed by atoms with Gasteiger partial charge in [-0.3, -0.25) is 4.18 Å². The zero-order chi connectivity index (χ0) is 12.1. The van der Waals surface area contributed by atoms with Crippen LogP contribution in [0.2, 0.25) is 0 Å². The van der Waals surface area contributed by atoms with Crippen LogP contribution < -0.4 is 0 Å². The molecule has 15 heavy (non-hydrogen) atoms. The monoisotopic (exact) mass is 249 g/mol. The molecule has 0 atom stereocenters. The first-order chi connectivity index (χ1) is 6.67. The molecule has 9 heteroatoms. The second-order valence-electron chi connectivity index (χ2n) is 2.59. The van der Waals surface area contributed by atoms with Crippen LogP contribution in [0.4, 0.5) is 13.2 Å². The highest BCUT2D eigenvalue weighted by molar-refractivity contribution is 7.87. The fourth-order valence-corrected chi connectivity index (χ4v) is 0.844. The van der Waals surface area contributed by atoms with Gasteiger partial charge in [0.1, 0.15) is 13.2 Å². The lowest BCUT2D eigenvalue weighted by molar-refractivity contribution is -0.0555. The van der Waals surface area contributed by atoms with Crippen LogP contribution in [0.1, 0.15) is 13.8 Å². The summed E-state index contributed by atoms with van der Waals surface area (Å²) in [6.45, 7) is 2.10. The quantitative estimate of drug-likeness (QED) is 0.242. The Labute approximate surface area is 85.0 Å². The third kappa shape index (κ3) is 5.57. The number of hydrogen-bond donors (Lipinski definition) is 0. The van der Waals surface area contributed by atoms with Gasteiger partial charge in [0.2, 0.25) is 0 Å². The molecule has 0 fully saturated rings. The Hall–Kier alpha value is -0.830. The van der Waals surface area contributed by atoms with E-state index in [4.69, 9.17) is 0 Å². The molecule has 0 radical (unpaired) electrons. The smallest absolute Gasteiger partial charge is 0.393 e. The van der Waals surface area contributed by atoms with Crippen molar-refractivity contribution in [2.75, 3.05) is 13.2 Å². The van der Waals surface area contributed by atoms with Gasteiger partial charge in [0, 0.05) is 0 Å². The maximum atomic E-state index is 11.7. The standard InChI is InChI=1S/C6H10F3NO4S/c1-5(2)10-13-3-4-14-15(11,12)6(7,8)9/h3-4H2,1-2H3. The van der Waals surface area contributed by atoms with E-state index >= 15 is 0 Å². The minimum Gasteiger partial charge on any atom is -0.393 e. The molecule has 0 aliphatic rings. The minimum atomic E-state index is -5.53. The van der Waals surface area contributed by atoms with Crippen molar-refractivity contribution in [3.05, 3.63) is 0 Å². The summed E-state index contributed by atoms with van der Waals surface area (Å²) in [7, 11) is -5.53. The summed E-state index contributed by atoms with van der Waals surface area (Å²) < 4.78 is 59.3. The Morgan fingerprint density at radius 2 is 1.80 bits per heavy atom. The second kappa shape index (κ2) is 5.31. The molecule has 0 amide bonds. The van der Waals surface area contributed by atoms with Crippen molar-refractivity contribution in [2.45, 2.75) is 19.4 Å². The van der Waals surface area contributed by atoms with Gasteiger partial charge >= 0.3 is 15.6 Å². The van der Waals surface area contributed by atoms with Crippen molar-refractivity contribution in [2.24, 2.45) is 5.16 Å². The van der Waals surface area contributed by atoms with Crippen molar-refractivity contribution in [3.63, 3.8) is 0 Å². The Balaban J connectivity index is 3.94. The number of hydrogen-bond acceptors (Lipinski definition) is 5. The largest absolute Gasteiger partial charge is 0.523 e. The van der Waals surface area contributed by atoms with Crippen LogP contribution in [0.5, 0.6) is 0 Å². The van der Waals surface area contributed by atoms with Gasteiger partial charge in [-0.1, -0.05) is 5.16 Å². The number of alkyl halides is 3. The average molecular weight is 249 g/mol. The minimum absolute atomic E-state index is 0.375. The molecule has 0 unspecified atom stereocenters. The Morgan fingerprint density at radius 1 is 1.27 bits per heavy atom. The van der Waals surface area contributed by atoms with E-state index < -0.39 is 22.2 Å². The number of rotatable bonds is 5. The van der Waals surface area contributed by atoms with E-state index in [1.165, 1.54) is 0 Å². The fraction of sp³-hybridized carbons (Fsp3) is 0.833. The molecule has 0 saturated carbocycles. The molecule has 0 aromatic heterocycles. The summed E-state index contributed by atoms with van der Waals surface area (Å²) in [5, 5.41) is 3.37. The van der Waals surface area contributed by atoms with E-state index in [2.05, 4.69) is 14.2 Å². The number of halogens is 3. The highest BCUT2D eigenvalue weighted by Gasteiger charge is 2.47. The molecule has 0 bridgehead atoms. The molecule has 0 spiro atoms. The van der Waals surface area contributed by atoms with Crippen molar-refractivity contribution in [1.82, 2.24) is 0 Å². The molecule has 0 N–H and O–H groups in total. The molecule has 0 aliphatic carbocycles. The summed E-state index contributed by atoms with van der Waals surface area (Å²) in [5.74, 6) is 0.